The molecule has 16 heavy (non-hydrogen) atoms. The Morgan fingerprint density at radius 3 is 2.62 bits per heavy atom. The van der Waals surface area contributed by atoms with Gasteiger partial charge in [0.2, 0.25) is 6.29 Å². The van der Waals surface area contributed by atoms with Gasteiger partial charge in [-0.05, 0) is 19.8 Å². The maximum Gasteiger partial charge on any atom is 0.335 e. The third kappa shape index (κ3) is 6.80. The highest BCUT2D eigenvalue weighted by atomic mass is 16.7. The average Bonchev–Trinajstić information content (AvgIpc) is 2.30. The Balaban J connectivity index is 0.000000487. The minimum atomic E-state index is -0.359. The molecule has 1 heterocycles. The third-order valence-corrected chi connectivity index (χ3v) is 1.82. The summed E-state index contributed by atoms with van der Waals surface area (Å²) in [5, 5.41) is 7.51. The van der Waals surface area contributed by atoms with Gasteiger partial charge < -0.3 is 9.47 Å². The van der Waals surface area contributed by atoms with Crippen molar-refractivity contribution in [2.24, 2.45) is 0 Å². The van der Waals surface area contributed by atoms with Crippen LogP contribution in [0.5, 0.6) is 0 Å². The van der Waals surface area contributed by atoms with E-state index in [2.05, 4.69) is 13.2 Å². The van der Waals surface area contributed by atoms with E-state index < -0.39 is 0 Å². The lowest BCUT2D eigenvalue weighted by atomic mass is 10.2. The van der Waals surface area contributed by atoms with Crippen molar-refractivity contribution in [2.75, 3.05) is 6.61 Å². The van der Waals surface area contributed by atoms with Crippen LogP contribution in [0.3, 0.4) is 0 Å². The zero-order chi connectivity index (χ0) is 12.4. The van der Waals surface area contributed by atoms with E-state index in [4.69, 9.17) is 14.7 Å². The molecule has 0 N–H and O–H groups in total. The van der Waals surface area contributed by atoms with Crippen LogP contribution in [0, 0.1) is 11.3 Å². The van der Waals surface area contributed by atoms with Crippen LogP contribution in [0.1, 0.15) is 26.2 Å². The first-order chi connectivity index (χ1) is 7.61. The quantitative estimate of drug-likeness (QED) is 0.409. The molecule has 88 valence electrons. The van der Waals surface area contributed by atoms with Crippen molar-refractivity contribution in [1.82, 2.24) is 0 Å². The molecule has 1 rings (SSSR count). The van der Waals surface area contributed by atoms with Crippen LogP contribution in [-0.2, 0) is 14.3 Å². The first-order valence-electron chi connectivity index (χ1n) is 5.10. The van der Waals surface area contributed by atoms with Crippen molar-refractivity contribution in [1.29, 1.82) is 5.26 Å². The molecule has 0 aromatic heterocycles. The van der Waals surface area contributed by atoms with Gasteiger partial charge in [0.05, 0.1) is 12.7 Å². The Labute approximate surface area is 96.2 Å². The van der Waals surface area contributed by atoms with Crippen molar-refractivity contribution < 1.29 is 14.3 Å². The van der Waals surface area contributed by atoms with Gasteiger partial charge in [0.25, 0.3) is 0 Å². The Morgan fingerprint density at radius 2 is 2.25 bits per heavy atom. The van der Waals surface area contributed by atoms with E-state index in [1.54, 1.807) is 13.0 Å². The van der Waals surface area contributed by atoms with Gasteiger partial charge in [0, 0.05) is 18.1 Å². The minimum absolute atomic E-state index is 0.344. The average molecular weight is 223 g/mol. The largest absolute Gasteiger partial charge is 0.432 e. The summed E-state index contributed by atoms with van der Waals surface area (Å²) in [6, 6.07) is 1.69. The first-order valence-corrected chi connectivity index (χ1v) is 5.10. The van der Waals surface area contributed by atoms with Gasteiger partial charge in [-0.1, -0.05) is 13.2 Å². The van der Waals surface area contributed by atoms with Gasteiger partial charge in [0.1, 0.15) is 0 Å². The summed E-state index contributed by atoms with van der Waals surface area (Å²) in [5.74, 6) is -0.359. The number of rotatable bonds is 2. The number of hydrogen-bond acceptors (Lipinski definition) is 4. The molecule has 0 amide bonds. The van der Waals surface area contributed by atoms with Crippen LogP contribution < -0.4 is 0 Å². The summed E-state index contributed by atoms with van der Waals surface area (Å²) >= 11 is 0. The normalized spacial score (nSPS) is 18.4. The van der Waals surface area contributed by atoms with Crippen LogP contribution in [0.15, 0.2) is 24.8 Å². The predicted molar refractivity (Wildman–Crippen MR) is 60.3 cm³/mol. The fourth-order valence-corrected chi connectivity index (χ4v) is 1.02. The molecule has 1 aliphatic heterocycles. The number of allylic oxidation sites excluding steroid dienone is 1. The molecule has 1 atom stereocenters. The maximum absolute atomic E-state index is 11.0. The van der Waals surface area contributed by atoms with Crippen LogP contribution in [0.4, 0.5) is 0 Å². The molecule has 0 saturated carbocycles. The zero-order valence-corrected chi connectivity index (χ0v) is 9.57. The summed E-state index contributed by atoms with van der Waals surface area (Å²) in [6.07, 6.45) is 3.76. The van der Waals surface area contributed by atoms with Crippen molar-refractivity contribution >= 4 is 5.97 Å². The molecule has 1 aliphatic rings. The molecule has 0 aliphatic carbocycles. The molecule has 4 heteroatoms. The van der Waals surface area contributed by atoms with Gasteiger partial charge in [-0.3, -0.25) is 0 Å². The fraction of sp³-hybridized carbons (Fsp3) is 0.500. The number of hydrogen-bond donors (Lipinski definition) is 0. The number of carbonyl (C=O) groups is 1. The summed E-state index contributed by atoms with van der Waals surface area (Å²) in [4.78, 5) is 11.0. The number of esters is 1. The second-order valence-electron chi connectivity index (χ2n) is 3.31. The molecule has 0 aromatic rings. The summed E-state index contributed by atoms with van der Waals surface area (Å²) in [7, 11) is 0. The van der Waals surface area contributed by atoms with E-state index in [-0.39, 0.29) is 12.3 Å². The van der Waals surface area contributed by atoms with Crippen molar-refractivity contribution in [3.05, 3.63) is 24.8 Å². The monoisotopic (exact) mass is 223 g/mol. The van der Waals surface area contributed by atoms with E-state index >= 15 is 0 Å². The smallest absolute Gasteiger partial charge is 0.335 e. The standard InChI is InChI=1S/C9H14O3.C3H3N/c1-7(2)9(10)12-8-5-3-4-6-11-8;1-2-3-4/h8H,1,3-6H2,2H3;2H,1H2. The van der Waals surface area contributed by atoms with Gasteiger partial charge in [-0.2, -0.15) is 5.26 Å². The Hall–Kier alpha value is -1.60. The second kappa shape index (κ2) is 8.69. The third-order valence-electron chi connectivity index (χ3n) is 1.82. The lowest BCUT2D eigenvalue weighted by molar-refractivity contribution is -0.182. The SMILES string of the molecule is C=C(C)C(=O)OC1CCCCO1.C=CC#N. The Bertz CT molecular complexity index is 285. The van der Waals surface area contributed by atoms with E-state index in [0.29, 0.717) is 12.2 Å². The van der Waals surface area contributed by atoms with Crippen LogP contribution in [0.25, 0.3) is 0 Å². The molecule has 1 fully saturated rings. The van der Waals surface area contributed by atoms with Gasteiger partial charge in [-0.25, -0.2) is 4.79 Å². The van der Waals surface area contributed by atoms with E-state index in [9.17, 15) is 4.79 Å². The topological polar surface area (TPSA) is 59.3 Å². The molecule has 1 saturated heterocycles. The van der Waals surface area contributed by atoms with Crippen LogP contribution >= 0.6 is 0 Å². The van der Waals surface area contributed by atoms with Crippen molar-refractivity contribution in [3.8, 4) is 6.07 Å². The van der Waals surface area contributed by atoms with Gasteiger partial charge in [0.15, 0.2) is 0 Å². The fourth-order valence-electron chi connectivity index (χ4n) is 1.02. The first kappa shape index (κ1) is 14.4. The molecular weight excluding hydrogens is 206 g/mol. The van der Waals surface area contributed by atoms with Gasteiger partial charge >= 0.3 is 5.97 Å². The number of carbonyl (C=O) groups excluding carboxylic acids is 1. The van der Waals surface area contributed by atoms with Crippen LogP contribution in [0.2, 0.25) is 0 Å². The zero-order valence-electron chi connectivity index (χ0n) is 9.57. The number of nitriles is 1. The van der Waals surface area contributed by atoms with Gasteiger partial charge in [-0.15, -0.1) is 0 Å². The maximum atomic E-state index is 11.0. The second-order valence-corrected chi connectivity index (χ2v) is 3.31. The summed E-state index contributed by atoms with van der Waals surface area (Å²) < 4.78 is 10.2. The van der Waals surface area contributed by atoms with Crippen molar-refractivity contribution in [3.63, 3.8) is 0 Å². The van der Waals surface area contributed by atoms with E-state index in [0.717, 1.165) is 19.3 Å². The highest BCUT2D eigenvalue weighted by Gasteiger charge is 2.17. The lowest BCUT2D eigenvalue weighted by Gasteiger charge is -2.22. The lowest BCUT2D eigenvalue weighted by Crippen LogP contribution is -2.25. The molecule has 1 unspecified atom stereocenters. The number of ether oxygens (including phenoxy) is 2. The van der Waals surface area contributed by atoms with Crippen LogP contribution in [-0.4, -0.2) is 18.9 Å². The Kier molecular flexibility index (Phi) is 7.82. The van der Waals surface area contributed by atoms with E-state index in [1.807, 2.05) is 0 Å². The highest BCUT2D eigenvalue weighted by molar-refractivity contribution is 5.86. The summed E-state index contributed by atoms with van der Waals surface area (Å²) in [6.45, 7) is 8.93. The van der Waals surface area contributed by atoms with E-state index in [1.165, 1.54) is 6.08 Å². The molecule has 0 radical (unpaired) electrons. The molecule has 4 nitrogen and oxygen atoms in total. The number of nitrogens with zero attached hydrogens (tertiary/aromatic N) is 1. The Morgan fingerprint density at radius 1 is 1.62 bits per heavy atom. The molecular formula is C12H17NO3. The molecule has 0 spiro atoms. The summed E-state index contributed by atoms with van der Waals surface area (Å²) in [5.41, 5.74) is 0.421. The highest BCUT2D eigenvalue weighted by Crippen LogP contribution is 2.14. The molecule has 0 bridgehead atoms. The minimum Gasteiger partial charge on any atom is -0.432 e. The molecule has 0 aromatic carbocycles. The predicted octanol–water partition coefficient (Wildman–Crippen LogP) is 2.33. The van der Waals surface area contributed by atoms with Crippen molar-refractivity contribution in [2.45, 2.75) is 32.5 Å².